The molecule has 2 aromatic carbocycles. The first kappa shape index (κ1) is 45.3. The molecule has 1 saturated heterocycles. The molecular weight excluding hydrogens is 785 g/mol. The van der Waals surface area contributed by atoms with E-state index in [-0.39, 0.29) is 61.1 Å². The van der Waals surface area contributed by atoms with Crippen LogP contribution < -0.4 is 20.8 Å². The molecule has 0 aromatic heterocycles. The number of hydrogen-bond acceptors (Lipinski definition) is 14. The van der Waals surface area contributed by atoms with Crippen LogP contribution in [0.4, 0.5) is 5.69 Å². The molecule has 0 unspecified atom stereocenters. The first-order chi connectivity index (χ1) is 28.6. The number of ether oxygens (including phenoxy) is 4. The largest absolute Gasteiger partial charge is 0.512 e. The van der Waals surface area contributed by atoms with E-state index in [0.717, 1.165) is 6.54 Å². The number of hydrogen-bond donors (Lipinski definition) is 5. The van der Waals surface area contributed by atoms with Gasteiger partial charge in [0.15, 0.2) is 11.4 Å². The second-order valence-corrected chi connectivity index (χ2v) is 17.6. The van der Waals surface area contributed by atoms with Crippen molar-refractivity contribution in [3.63, 3.8) is 0 Å². The van der Waals surface area contributed by atoms with Crippen molar-refractivity contribution < 1.29 is 53.8 Å². The van der Waals surface area contributed by atoms with Crippen LogP contribution >= 0.6 is 0 Å². The molecular formula is C46H60N4O11. The number of ketones is 1. The van der Waals surface area contributed by atoms with Gasteiger partial charge in [0, 0.05) is 87.7 Å². The Morgan fingerprint density at radius 1 is 1.02 bits per heavy atom. The number of nitrogens with zero attached hydrogens (tertiary/aromatic N) is 3. The maximum absolute atomic E-state index is 14.7. The van der Waals surface area contributed by atoms with Crippen LogP contribution in [-0.4, -0.2) is 99.5 Å². The van der Waals surface area contributed by atoms with Crippen molar-refractivity contribution >= 4 is 34.1 Å². The summed E-state index contributed by atoms with van der Waals surface area (Å²) < 4.78 is 23.9. The molecule has 6 rings (SSSR count). The van der Waals surface area contributed by atoms with E-state index in [2.05, 4.69) is 24.1 Å². The number of allylic oxidation sites excluding steroid dienone is 4. The number of phenolic OH excluding ortho intramolecular Hbond substituents is 2. The third kappa shape index (κ3) is 8.39. The lowest BCUT2D eigenvalue weighted by Gasteiger charge is -2.36. The molecule has 61 heavy (non-hydrogen) atoms. The number of likely N-dealkylation sites (tertiary alicyclic amines) is 1. The lowest BCUT2D eigenvalue weighted by atomic mass is 9.81. The monoisotopic (exact) mass is 844 g/mol. The van der Waals surface area contributed by atoms with Gasteiger partial charge in [0.1, 0.15) is 34.4 Å². The topological polar surface area (TPSA) is 209 Å². The van der Waals surface area contributed by atoms with Crippen LogP contribution in [-0.2, 0) is 23.8 Å². The van der Waals surface area contributed by atoms with Gasteiger partial charge in [0.05, 0.1) is 34.8 Å². The third-order valence-corrected chi connectivity index (χ3v) is 12.6. The standard InChI is InChI=1S/C46H60N4O11/c1-22(2)21-50-18-16-46(17-19-50)48-34-31-32-39(54)28(8)42-33(31)43(56)45(10,61-42)59-20-15-30(58-11)25(5)41(60-29(9)51)27(7)38(53)26(6)37(52)23(3)13-12-14-24(4)44(57)47-36(40(32)55)35(34)49-46/h12-15,20,22,25-27,30,38,41,52-55H,16-19,21H2,1-11H3,(H,47,57)/b13-12-,20-15-,24-14-,37-23+/t25-,26-,27-,30+,38-,41-,45+/m1/s1. The van der Waals surface area contributed by atoms with E-state index in [4.69, 9.17) is 28.9 Å². The van der Waals surface area contributed by atoms with Crippen LogP contribution in [0, 0.1) is 30.6 Å². The van der Waals surface area contributed by atoms with Crippen molar-refractivity contribution in [2.45, 2.75) is 112 Å². The molecule has 7 atom stereocenters. The number of aliphatic hydroxyl groups is 2. The minimum absolute atomic E-state index is 0.0322. The van der Waals surface area contributed by atoms with Gasteiger partial charge in [0.2, 0.25) is 0 Å². The molecule has 15 nitrogen and oxygen atoms in total. The summed E-state index contributed by atoms with van der Waals surface area (Å²) in [6.07, 6.45) is 5.73. The summed E-state index contributed by atoms with van der Waals surface area (Å²) in [6, 6.07) is 0. The Labute approximate surface area is 356 Å². The molecule has 15 heteroatoms. The first-order valence-electron chi connectivity index (χ1n) is 20.9. The van der Waals surface area contributed by atoms with Crippen molar-refractivity contribution in [3.05, 3.63) is 69.3 Å². The number of carbonyl (C=O) groups excluding carboxylic acids is 3. The maximum atomic E-state index is 14.7. The molecule has 4 heterocycles. The Morgan fingerprint density at radius 2 is 1.67 bits per heavy atom. The molecule has 0 aliphatic carbocycles. The number of rotatable bonds is 4. The Bertz CT molecular complexity index is 2380. The number of benzene rings is 2. The Morgan fingerprint density at radius 3 is 2.30 bits per heavy atom. The van der Waals surface area contributed by atoms with E-state index in [0.29, 0.717) is 37.4 Å². The van der Waals surface area contributed by atoms with E-state index in [1.54, 1.807) is 59.8 Å². The number of fused-ring (bicyclic) bond motifs is 1. The Balaban J connectivity index is 1.56. The van der Waals surface area contributed by atoms with Gasteiger partial charge >= 0.3 is 11.8 Å². The average molecular weight is 845 g/mol. The smallest absolute Gasteiger partial charge is 0.312 e. The molecule has 2 aromatic rings. The fourth-order valence-corrected chi connectivity index (χ4v) is 8.95. The number of carbonyl (C=O) groups is 3. The van der Waals surface area contributed by atoms with Gasteiger partial charge in [-0.15, -0.1) is 0 Å². The van der Waals surface area contributed by atoms with Crippen LogP contribution in [0.2, 0.25) is 0 Å². The summed E-state index contributed by atoms with van der Waals surface area (Å²) in [7, 11) is 1.46. The summed E-state index contributed by atoms with van der Waals surface area (Å²) >= 11 is 0. The zero-order chi connectivity index (χ0) is 44.9. The summed E-state index contributed by atoms with van der Waals surface area (Å²) in [5.74, 6) is -6.31. The summed E-state index contributed by atoms with van der Waals surface area (Å²) in [6.45, 7) is 19.3. The van der Waals surface area contributed by atoms with E-state index in [1.165, 1.54) is 33.3 Å². The number of aromatic hydroxyl groups is 2. The maximum Gasteiger partial charge on any atom is 0.312 e. The molecule has 4 bridgehead atoms. The van der Waals surface area contributed by atoms with Gasteiger partial charge in [0.25, 0.3) is 11.7 Å². The lowest BCUT2D eigenvalue weighted by Crippen LogP contribution is -2.44. The molecule has 1 spiro atoms. The fraction of sp³-hybridized carbons (Fsp3) is 0.543. The summed E-state index contributed by atoms with van der Waals surface area (Å²) in [4.78, 5) is 53.6. The first-order valence-corrected chi connectivity index (χ1v) is 20.9. The number of aliphatic hydroxyl groups excluding tert-OH is 2. The average Bonchev–Trinajstić information content (AvgIpc) is 3.71. The van der Waals surface area contributed by atoms with Crippen LogP contribution in [0.15, 0.2) is 57.5 Å². The van der Waals surface area contributed by atoms with Crippen molar-refractivity contribution in [1.29, 1.82) is 0 Å². The van der Waals surface area contributed by atoms with E-state index in [1.807, 2.05) is 0 Å². The highest BCUT2D eigenvalue weighted by Crippen LogP contribution is 2.50. The normalized spacial score (nSPS) is 31.5. The molecule has 5 N–H and O–H groups in total. The van der Waals surface area contributed by atoms with Crippen molar-refractivity contribution in [2.24, 2.45) is 33.7 Å². The highest BCUT2D eigenvalue weighted by molar-refractivity contribution is 6.19. The number of anilines is 1. The van der Waals surface area contributed by atoms with Crippen molar-refractivity contribution in [3.8, 4) is 17.2 Å². The van der Waals surface area contributed by atoms with Crippen LogP contribution in [0.25, 0.3) is 10.8 Å². The van der Waals surface area contributed by atoms with Crippen LogP contribution in [0.5, 0.6) is 17.2 Å². The van der Waals surface area contributed by atoms with Gasteiger partial charge < -0.3 is 49.6 Å². The zero-order valence-electron chi connectivity index (χ0n) is 37.0. The van der Waals surface area contributed by atoms with Crippen LogP contribution in [0.1, 0.15) is 91.1 Å². The van der Waals surface area contributed by atoms with Gasteiger partial charge in [-0.3, -0.25) is 24.4 Å². The molecule has 330 valence electrons. The predicted molar refractivity (Wildman–Crippen MR) is 228 cm³/mol. The number of methoxy groups -OCH3 is 1. The van der Waals surface area contributed by atoms with Crippen molar-refractivity contribution in [2.75, 3.05) is 32.1 Å². The number of piperidine rings is 1. The fourth-order valence-electron chi connectivity index (χ4n) is 8.95. The minimum atomic E-state index is -1.96. The SMILES string of the molecule is CO[C@H]1/C=C\O[C@@]2(C)Oc3c(C)c(O)c4c(O)c(c5c(c4c3C2=O)=NC2(CCN(CC(C)C)CC2)N=5)NC(=O)\C(C)=C/C=C\C(C)=C(\O)[C@@H](C)[C@@H](O)[C@@H](C)[C@H](OC(C)=O)[C@@H]1C. The number of phenols is 2. The second kappa shape index (κ2) is 17.3. The number of Topliss-reactive ketones (excluding diaryl/α,β-unsaturated/α-hetero) is 1. The number of nitrogens with one attached hydrogen (secondary N) is 1. The van der Waals surface area contributed by atoms with Crippen molar-refractivity contribution in [1.82, 2.24) is 4.90 Å². The van der Waals surface area contributed by atoms with Gasteiger partial charge in [-0.2, -0.15) is 0 Å². The van der Waals surface area contributed by atoms with Gasteiger partial charge in [-0.1, -0.05) is 52.8 Å². The highest BCUT2D eigenvalue weighted by Gasteiger charge is 2.50. The molecule has 4 aliphatic rings. The quantitative estimate of drug-likeness (QED) is 0.189. The Kier molecular flexibility index (Phi) is 12.8. The number of esters is 1. The zero-order valence-corrected chi connectivity index (χ0v) is 37.0. The molecule has 0 saturated carbocycles. The van der Waals surface area contributed by atoms with E-state index >= 15 is 0 Å². The van der Waals surface area contributed by atoms with Crippen LogP contribution in [0.3, 0.4) is 0 Å². The summed E-state index contributed by atoms with van der Waals surface area (Å²) in [5, 5.41) is 50.0. The van der Waals surface area contributed by atoms with Gasteiger partial charge in [-0.25, -0.2) is 0 Å². The number of amides is 1. The minimum Gasteiger partial charge on any atom is -0.512 e. The molecule has 4 aliphatic heterocycles. The van der Waals surface area contributed by atoms with E-state index in [9.17, 15) is 34.8 Å². The molecule has 1 fully saturated rings. The summed E-state index contributed by atoms with van der Waals surface area (Å²) in [5.41, 5.74) is -0.195. The lowest BCUT2D eigenvalue weighted by molar-refractivity contribution is -0.159. The van der Waals surface area contributed by atoms with E-state index < -0.39 is 70.9 Å². The van der Waals surface area contributed by atoms with Gasteiger partial charge in [-0.05, 0) is 38.3 Å². The predicted octanol–water partition coefficient (Wildman–Crippen LogP) is 5.58. The third-order valence-electron chi connectivity index (χ3n) is 12.6. The Hall–Kier alpha value is -5.25. The second-order valence-electron chi connectivity index (χ2n) is 17.6. The molecule has 1 amide bonds. The highest BCUT2D eigenvalue weighted by atomic mass is 16.7. The molecule has 0 radical (unpaired) electrons.